The van der Waals surface area contributed by atoms with Crippen molar-refractivity contribution in [1.29, 1.82) is 0 Å². The van der Waals surface area contributed by atoms with Gasteiger partial charge in [0.2, 0.25) is 6.79 Å². The Hall–Kier alpha value is -1.56. The first kappa shape index (κ1) is 16.9. The van der Waals surface area contributed by atoms with Gasteiger partial charge in [-0.1, -0.05) is 46.3 Å². The van der Waals surface area contributed by atoms with Crippen molar-refractivity contribution in [3.8, 4) is 11.5 Å². The van der Waals surface area contributed by atoms with Gasteiger partial charge in [0.15, 0.2) is 11.5 Å². The number of benzene rings is 2. The molecule has 132 valence electrons. The molecule has 0 aliphatic carbocycles. The summed E-state index contributed by atoms with van der Waals surface area (Å²) in [5.74, 6) is 1.67. The van der Waals surface area contributed by atoms with Crippen LogP contribution in [0.4, 0.5) is 0 Å². The summed E-state index contributed by atoms with van der Waals surface area (Å²) < 4.78 is 18.1. The van der Waals surface area contributed by atoms with E-state index in [4.69, 9.17) is 14.2 Å². The highest BCUT2D eigenvalue weighted by Crippen LogP contribution is 2.37. The zero-order chi connectivity index (χ0) is 17.1. The van der Waals surface area contributed by atoms with Gasteiger partial charge in [-0.2, -0.15) is 0 Å². The highest BCUT2D eigenvalue weighted by atomic mass is 79.9. The van der Waals surface area contributed by atoms with Gasteiger partial charge in [0.05, 0.1) is 12.7 Å². The Morgan fingerprint density at radius 2 is 1.76 bits per heavy atom. The van der Waals surface area contributed by atoms with Crippen LogP contribution in [-0.4, -0.2) is 30.9 Å². The minimum absolute atomic E-state index is 0.315. The second-order valence-electron chi connectivity index (χ2n) is 6.57. The van der Waals surface area contributed by atoms with Crippen LogP contribution < -0.4 is 9.47 Å². The molecule has 0 radical (unpaired) electrons. The smallest absolute Gasteiger partial charge is 0.231 e. The molecule has 25 heavy (non-hydrogen) atoms. The number of ether oxygens (including phenoxy) is 3. The number of piperidine rings is 1. The summed E-state index contributed by atoms with van der Waals surface area (Å²) in [5, 5.41) is 0. The van der Waals surface area contributed by atoms with Crippen LogP contribution in [0.2, 0.25) is 0 Å². The summed E-state index contributed by atoms with van der Waals surface area (Å²) in [4.78, 5) is 2.48. The molecule has 0 N–H and O–H groups in total. The summed E-state index contributed by atoms with van der Waals surface area (Å²) in [6.07, 6.45) is 2.51. The van der Waals surface area contributed by atoms with Crippen LogP contribution in [0.1, 0.15) is 24.0 Å². The lowest BCUT2D eigenvalue weighted by molar-refractivity contribution is -0.00398. The predicted octanol–water partition coefficient (Wildman–Crippen LogP) is 4.36. The van der Waals surface area contributed by atoms with Crippen molar-refractivity contribution < 1.29 is 14.2 Å². The van der Waals surface area contributed by atoms with Gasteiger partial charge in [0, 0.05) is 24.1 Å². The number of hydrogen-bond donors (Lipinski definition) is 0. The average Bonchev–Trinajstić information content (AvgIpc) is 3.09. The van der Waals surface area contributed by atoms with Crippen LogP contribution in [0, 0.1) is 0 Å². The fourth-order valence-corrected chi connectivity index (χ4v) is 3.79. The topological polar surface area (TPSA) is 30.9 Å². The number of halogens is 1. The lowest BCUT2D eigenvalue weighted by atomic mass is 10.1. The number of rotatable bonds is 5. The molecular formula is C20H22BrNO3. The Morgan fingerprint density at radius 1 is 1.04 bits per heavy atom. The molecule has 1 saturated heterocycles. The molecule has 0 saturated carbocycles. The molecule has 2 aromatic carbocycles. The molecule has 5 heteroatoms. The highest BCUT2D eigenvalue weighted by molar-refractivity contribution is 9.10. The van der Waals surface area contributed by atoms with Gasteiger partial charge in [-0.15, -0.1) is 0 Å². The molecule has 0 aromatic heterocycles. The van der Waals surface area contributed by atoms with Crippen molar-refractivity contribution in [3.63, 3.8) is 0 Å². The molecule has 1 fully saturated rings. The molecule has 2 aromatic rings. The maximum absolute atomic E-state index is 6.08. The largest absolute Gasteiger partial charge is 0.454 e. The van der Waals surface area contributed by atoms with Crippen LogP contribution in [0.5, 0.6) is 11.5 Å². The standard InChI is InChI=1S/C20H22BrNO3/c21-18-11-20-19(24-14-25-20)10-16(18)12-22-8-6-17(7-9-22)23-13-15-4-2-1-3-5-15/h1-5,10-11,17H,6-9,12-14H2. The lowest BCUT2D eigenvalue weighted by Gasteiger charge is -2.32. The fourth-order valence-electron chi connectivity index (χ4n) is 3.34. The third kappa shape index (κ3) is 4.17. The van der Waals surface area contributed by atoms with Crippen molar-refractivity contribution >= 4 is 15.9 Å². The van der Waals surface area contributed by atoms with Crippen molar-refractivity contribution in [3.05, 3.63) is 58.1 Å². The summed E-state index contributed by atoms with van der Waals surface area (Å²) >= 11 is 3.65. The van der Waals surface area contributed by atoms with Crippen LogP contribution in [0.3, 0.4) is 0 Å². The molecule has 2 aliphatic rings. The van der Waals surface area contributed by atoms with Gasteiger partial charge in [-0.25, -0.2) is 0 Å². The van der Waals surface area contributed by atoms with E-state index in [2.05, 4.69) is 51.2 Å². The van der Waals surface area contributed by atoms with E-state index in [0.29, 0.717) is 19.5 Å². The van der Waals surface area contributed by atoms with Crippen LogP contribution >= 0.6 is 15.9 Å². The van der Waals surface area contributed by atoms with E-state index in [1.165, 1.54) is 11.1 Å². The number of hydrogen-bond acceptors (Lipinski definition) is 4. The molecule has 0 spiro atoms. The third-order valence-corrected chi connectivity index (χ3v) is 5.54. The maximum Gasteiger partial charge on any atom is 0.231 e. The molecule has 2 aliphatic heterocycles. The lowest BCUT2D eigenvalue weighted by Crippen LogP contribution is -2.36. The Morgan fingerprint density at radius 3 is 2.52 bits per heavy atom. The second kappa shape index (κ2) is 7.77. The first-order valence-corrected chi connectivity index (χ1v) is 9.53. The van der Waals surface area contributed by atoms with Crippen LogP contribution in [0.15, 0.2) is 46.9 Å². The normalized spacial score (nSPS) is 17.8. The van der Waals surface area contributed by atoms with E-state index in [1.54, 1.807) is 0 Å². The average molecular weight is 404 g/mol. The molecule has 0 unspecified atom stereocenters. The first-order chi connectivity index (χ1) is 12.3. The Labute approximate surface area is 156 Å². The third-order valence-electron chi connectivity index (χ3n) is 4.80. The summed E-state index contributed by atoms with van der Waals surface area (Å²) in [6, 6.07) is 14.5. The van der Waals surface area contributed by atoms with Crippen molar-refractivity contribution in [2.75, 3.05) is 19.9 Å². The van der Waals surface area contributed by atoms with Gasteiger partial charge in [0.25, 0.3) is 0 Å². The van der Waals surface area contributed by atoms with E-state index < -0.39 is 0 Å². The van der Waals surface area contributed by atoms with Crippen molar-refractivity contribution in [2.24, 2.45) is 0 Å². The van der Waals surface area contributed by atoms with Crippen molar-refractivity contribution in [2.45, 2.75) is 32.1 Å². The molecule has 0 bridgehead atoms. The first-order valence-electron chi connectivity index (χ1n) is 8.74. The van der Waals surface area contributed by atoms with E-state index in [0.717, 1.165) is 48.4 Å². The fraction of sp³-hybridized carbons (Fsp3) is 0.400. The van der Waals surface area contributed by atoms with Gasteiger partial charge in [-0.05, 0) is 36.1 Å². The van der Waals surface area contributed by atoms with E-state index in [-0.39, 0.29) is 0 Å². The maximum atomic E-state index is 6.08. The predicted molar refractivity (Wildman–Crippen MR) is 99.8 cm³/mol. The molecule has 0 amide bonds. The summed E-state index contributed by atoms with van der Waals surface area (Å²) in [6.45, 7) is 4.05. The van der Waals surface area contributed by atoms with Crippen LogP contribution in [0.25, 0.3) is 0 Å². The van der Waals surface area contributed by atoms with E-state index >= 15 is 0 Å². The molecule has 2 heterocycles. The number of nitrogens with zero attached hydrogens (tertiary/aromatic N) is 1. The Bertz CT molecular complexity index is 714. The van der Waals surface area contributed by atoms with Gasteiger partial charge < -0.3 is 14.2 Å². The second-order valence-corrected chi connectivity index (χ2v) is 7.42. The minimum atomic E-state index is 0.315. The SMILES string of the molecule is Brc1cc2c(cc1CN1CCC(OCc3ccccc3)CC1)OCO2. The molecular weight excluding hydrogens is 382 g/mol. The van der Waals surface area contributed by atoms with Crippen molar-refractivity contribution in [1.82, 2.24) is 4.90 Å². The number of fused-ring (bicyclic) bond motifs is 1. The van der Waals surface area contributed by atoms with E-state index in [1.807, 2.05) is 12.1 Å². The molecule has 4 nitrogen and oxygen atoms in total. The molecule has 0 atom stereocenters. The monoisotopic (exact) mass is 403 g/mol. The zero-order valence-corrected chi connectivity index (χ0v) is 15.7. The number of likely N-dealkylation sites (tertiary alicyclic amines) is 1. The zero-order valence-electron chi connectivity index (χ0n) is 14.1. The van der Waals surface area contributed by atoms with Gasteiger partial charge >= 0.3 is 0 Å². The van der Waals surface area contributed by atoms with Gasteiger partial charge in [0.1, 0.15) is 0 Å². The minimum Gasteiger partial charge on any atom is -0.454 e. The molecule has 4 rings (SSSR count). The van der Waals surface area contributed by atoms with E-state index in [9.17, 15) is 0 Å². The Kier molecular flexibility index (Phi) is 5.25. The Balaban J connectivity index is 1.28. The quantitative estimate of drug-likeness (QED) is 0.741. The van der Waals surface area contributed by atoms with Gasteiger partial charge in [-0.3, -0.25) is 4.90 Å². The van der Waals surface area contributed by atoms with Crippen LogP contribution in [-0.2, 0) is 17.9 Å². The highest BCUT2D eigenvalue weighted by Gasteiger charge is 2.22. The summed E-state index contributed by atoms with van der Waals surface area (Å²) in [7, 11) is 0. The summed E-state index contributed by atoms with van der Waals surface area (Å²) in [5.41, 5.74) is 2.49.